The number of hydrogen-bond donors (Lipinski definition) is 2. The molecule has 6 heteroatoms. The molecule has 1 fully saturated rings. The molecule has 0 spiro atoms. The standard InChI is InChI=1S/C13H15N3O3/c1-13(2)11(18)15-12(19)16(13)8-10(17)14-9-6-4-3-5-7-9/h3-7H,8H2,1-2H3,(H,14,17)(H,15,18,19). The van der Waals surface area contributed by atoms with Crippen LogP contribution in [-0.4, -0.2) is 34.8 Å². The lowest BCUT2D eigenvalue weighted by Crippen LogP contribution is -2.47. The molecule has 1 aromatic rings. The number of hydrogen-bond acceptors (Lipinski definition) is 3. The van der Waals surface area contributed by atoms with Crippen molar-refractivity contribution in [3.63, 3.8) is 0 Å². The molecule has 0 saturated carbocycles. The molecule has 0 bridgehead atoms. The molecular formula is C13H15N3O3. The molecule has 1 aliphatic rings. The number of amides is 4. The molecule has 0 radical (unpaired) electrons. The topological polar surface area (TPSA) is 78.5 Å². The second kappa shape index (κ2) is 4.72. The van der Waals surface area contributed by atoms with Gasteiger partial charge >= 0.3 is 6.03 Å². The third-order valence-electron chi connectivity index (χ3n) is 3.06. The molecule has 0 aliphatic carbocycles. The van der Waals surface area contributed by atoms with Gasteiger partial charge in [-0.05, 0) is 26.0 Å². The zero-order valence-electron chi connectivity index (χ0n) is 10.8. The van der Waals surface area contributed by atoms with Gasteiger partial charge in [0.05, 0.1) is 0 Å². The number of benzene rings is 1. The summed E-state index contributed by atoms with van der Waals surface area (Å²) in [5.74, 6) is -0.742. The van der Waals surface area contributed by atoms with Crippen LogP contribution in [0.15, 0.2) is 30.3 Å². The third-order valence-corrected chi connectivity index (χ3v) is 3.06. The molecule has 1 aliphatic heterocycles. The lowest BCUT2D eigenvalue weighted by molar-refractivity contribution is -0.126. The minimum absolute atomic E-state index is 0.167. The van der Waals surface area contributed by atoms with Crippen molar-refractivity contribution in [2.75, 3.05) is 11.9 Å². The van der Waals surface area contributed by atoms with E-state index in [1.54, 1.807) is 38.1 Å². The Bertz CT molecular complexity index is 525. The summed E-state index contributed by atoms with van der Waals surface area (Å²) in [5, 5.41) is 4.86. The summed E-state index contributed by atoms with van der Waals surface area (Å²) in [7, 11) is 0. The van der Waals surface area contributed by atoms with E-state index >= 15 is 0 Å². The molecule has 4 amide bonds. The van der Waals surface area contributed by atoms with Gasteiger partial charge in [-0.25, -0.2) is 4.79 Å². The average Bonchev–Trinajstić information content (AvgIpc) is 2.53. The highest BCUT2D eigenvalue weighted by Gasteiger charge is 2.46. The van der Waals surface area contributed by atoms with Gasteiger partial charge in [0.15, 0.2) is 0 Å². The number of imide groups is 1. The predicted octanol–water partition coefficient (Wildman–Crippen LogP) is 0.955. The van der Waals surface area contributed by atoms with E-state index in [4.69, 9.17) is 0 Å². The first-order chi connectivity index (χ1) is 8.91. The Hall–Kier alpha value is -2.37. The maximum atomic E-state index is 11.9. The van der Waals surface area contributed by atoms with E-state index in [0.29, 0.717) is 5.69 Å². The molecule has 1 saturated heterocycles. The van der Waals surface area contributed by atoms with Gasteiger partial charge in [0.25, 0.3) is 5.91 Å². The van der Waals surface area contributed by atoms with Crippen molar-refractivity contribution >= 4 is 23.5 Å². The van der Waals surface area contributed by atoms with Crippen molar-refractivity contribution in [2.24, 2.45) is 0 Å². The highest BCUT2D eigenvalue weighted by molar-refractivity contribution is 6.08. The number of rotatable bonds is 3. The Kier molecular flexibility index (Phi) is 3.25. The van der Waals surface area contributed by atoms with E-state index < -0.39 is 17.5 Å². The fourth-order valence-corrected chi connectivity index (χ4v) is 1.83. The van der Waals surface area contributed by atoms with Gasteiger partial charge in [-0.3, -0.25) is 14.9 Å². The molecule has 1 aromatic carbocycles. The first-order valence-electron chi connectivity index (χ1n) is 5.89. The Morgan fingerprint density at radius 2 is 1.89 bits per heavy atom. The zero-order valence-corrected chi connectivity index (χ0v) is 10.8. The first kappa shape index (κ1) is 13.1. The van der Waals surface area contributed by atoms with Crippen molar-refractivity contribution in [1.29, 1.82) is 0 Å². The van der Waals surface area contributed by atoms with E-state index in [0.717, 1.165) is 0 Å². The van der Waals surface area contributed by atoms with Crippen LogP contribution in [0.25, 0.3) is 0 Å². The molecule has 6 nitrogen and oxygen atoms in total. The monoisotopic (exact) mass is 261 g/mol. The van der Waals surface area contributed by atoms with Crippen LogP contribution in [0.2, 0.25) is 0 Å². The number of anilines is 1. The number of urea groups is 1. The van der Waals surface area contributed by atoms with Gasteiger partial charge in [0.1, 0.15) is 12.1 Å². The minimum Gasteiger partial charge on any atom is -0.325 e. The van der Waals surface area contributed by atoms with Crippen LogP contribution in [0, 0.1) is 0 Å². The normalized spacial score (nSPS) is 17.3. The Labute approximate surface area is 110 Å². The van der Waals surface area contributed by atoms with Crippen LogP contribution in [-0.2, 0) is 9.59 Å². The fraction of sp³-hybridized carbons (Fsp3) is 0.308. The minimum atomic E-state index is -1.01. The molecule has 0 unspecified atom stereocenters. The zero-order chi connectivity index (χ0) is 14.0. The van der Waals surface area contributed by atoms with Crippen LogP contribution in [0.5, 0.6) is 0 Å². The lowest BCUT2D eigenvalue weighted by atomic mass is 10.0. The summed E-state index contributed by atoms with van der Waals surface area (Å²) in [4.78, 5) is 36.2. The number of nitrogens with zero attached hydrogens (tertiary/aromatic N) is 1. The van der Waals surface area contributed by atoms with Gasteiger partial charge in [-0.2, -0.15) is 0 Å². The molecule has 19 heavy (non-hydrogen) atoms. The molecule has 0 aromatic heterocycles. The van der Waals surface area contributed by atoms with Gasteiger partial charge in [0.2, 0.25) is 5.91 Å². The average molecular weight is 261 g/mol. The summed E-state index contributed by atoms with van der Waals surface area (Å²) in [6.07, 6.45) is 0. The molecule has 0 atom stereocenters. The Morgan fingerprint density at radius 3 is 2.42 bits per heavy atom. The highest BCUT2D eigenvalue weighted by atomic mass is 16.2. The van der Waals surface area contributed by atoms with E-state index in [1.807, 2.05) is 6.07 Å². The number of carbonyl (C=O) groups is 3. The number of para-hydroxylation sites is 1. The van der Waals surface area contributed by atoms with E-state index in [-0.39, 0.29) is 12.5 Å². The van der Waals surface area contributed by atoms with Crippen molar-refractivity contribution in [3.8, 4) is 0 Å². The van der Waals surface area contributed by atoms with Gasteiger partial charge in [0, 0.05) is 5.69 Å². The Balaban J connectivity index is 2.03. The third kappa shape index (κ3) is 2.57. The lowest BCUT2D eigenvalue weighted by Gasteiger charge is -2.27. The molecule has 100 valence electrons. The predicted molar refractivity (Wildman–Crippen MR) is 69.4 cm³/mol. The molecule has 2 rings (SSSR count). The summed E-state index contributed by atoms with van der Waals surface area (Å²) in [6, 6.07) is 8.39. The fourth-order valence-electron chi connectivity index (χ4n) is 1.83. The van der Waals surface area contributed by atoms with Crippen LogP contribution >= 0.6 is 0 Å². The maximum Gasteiger partial charge on any atom is 0.325 e. The first-order valence-corrected chi connectivity index (χ1v) is 5.89. The number of nitrogens with one attached hydrogen (secondary N) is 2. The van der Waals surface area contributed by atoms with Crippen LogP contribution in [0.4, 0.5) is 10.5 Å². The van der Waals surface area contributed by atoms with Crippen LogP contribution in [0.3, 0.4) is 0 Å². The van der Waals surface area contributed by atoms with Gasteiger partial charge < -0.3 is 10.2 Å². The van der Waals surface area contributed by atoms with E-state index in [1.165, 1.54) is 4.90 Å². The number of carbonyl (C=O) groups excluding carboxylic acids is 3. The largest absolute Gasteiger partial charge is 0.325 e. The quantitative estimate of drug-likeness (QED) is 0.795. The van der Waals surface area contributed by atoms with Crippen molar-refractivity contribution in [3.05, 3.63) is 30.3 Å². The Morgan fingerprint density at radius 1 is 1.26 bits per heavy atom. The van der Waals surface area contributed by atoms with Gasteiger partial charge in [-0.1, -0.05) is 18.2 Å². The molecular weight excluding hydrogens is 246 g/mol. The summed E-state index contributed by atoms with van der Waals surface area (Å²) >= 11 is 0. The smallest absolute Gasteiger partial charge is 0.325 e. The van der Waals surface area contributed by atoms with Crippen LogP contribution < -0.4 is 10.6 Å². The molecule has 2 N–H and O–H groups in total. The second-order valence-electron chi connectivity index (χ2n) is 4.82. The van der Waals surface area contributed by atoms with Crippen LogP contribution in [0.1, 0.15) is 13.8 Å². The summed E-state index contributed by atoms with van der Waals surface area (Å²) in [5.41, 5.74) is -0.360. The maximum absolute atomic E-state index is 11.9. The second-order valence-corrected chi connectivity index (χ2v) is 4.82. The van der Waals surface area contributed by atoms with Crippen molar-refractivity contribution in [1.82, 2.24) is 10.2 Å². The highest BCUT2D eigenvalue weighted by Crippen LogP contribution is 2.20. The van der Waals surface area contributed by atoms with Crippen molar-refractivity contribution in [2.45, 2.75) is 19.4 Å². The van der Waals surface area contributed by atoms with E-state index in [9.17, 15) is 14.4 Å². The van der Waals surface area contributed by atoms with E-state index in [2.05, 4.69) is 10.6 Å². The SMILES string of the molecule is CC1(C)C(=O)NC(=O)N1CC(=O)Nc1ccccc1. The summed E-state index contributed by atoms with van der Waals surface area (Å²) < 4.78 is 0. The van der Waals surface area contributed by atoms with Gasteiger partial charge in [-0.15, -0.1) is 0 Å². The van der Waals surface area contributed by atoms with Crippen molar-refractivity contribution < 1.29 is 14.4 Å². The molecule has 1 heterocycles. The summed E-state index contributed by atoms with van der Waals surface area (Å²) in [6.45, 7) is 3.03.